The highest BCUT2D eigenvalue weighted by Crippen LogP contribution is 2.55. The van der Waals surface area contributed by atoms with Gasteiger partial charge in [0.25, 0.3) is 10.0 Å². The molecule has 0 aromatic heterocycles. The van der Waals surface area contributed by atoms with Gasteiger partial charge in [0, 0.05) is 19.0 Å². The van der Waals surface area contributed by atoms with E-state index in [-0.39, 0.29) is 21.9 Å². The van der Waals surface area contributed by atoms with Crippen LogP contribution in [0.4, 0.5) is 11.4 Å². The molecule has 0 unspecified atom stereocenters. The van der Waals surface area contributed by atoms with Gasteiger partial charge in [-0.2, -0.15) is 0 Å². The number of para-hydroxylation sites is 1. The first-order chi connectivity index (χ1) is 16.4. The Labute approximate surface area is 200 Å². The van der Waals surface area contributed by atoms with E-state index in [1.807, 2.05) is 0 Å². The molecule has 0 spiro atoms. The molecule has 1 saturated heterocycles. The maximum Gasteiger partial charge on any atom is 0.341 e. The van der Waals surface area contributed by atoms with Crippen molar-refractivity contribution in [2.24, 2.45) is 11.8 Å². The van der Waals surface area contributed by atoms with Crippen molar-refractivity contribution in [2.75, 3.05) is 42.8 Å². The summed E-state index contributed by atoms with van der Waals surface area (Å²) >= 11 is 0. The van der Waals surface area contributed by atoms with Crippen LogP contribution in [-0.4, -0.2) is 57.2 Å². The lowest BCUT2D eigenvalue weighted by Crippen LogP contribution is -2.21. The number of likely N-dealkylation sites (tertiary alicyclic amines) is 1. The Kier molecular flexibility index (Phi) is 6.16. The summed E-state index contributed by atoms with van der Waals surface area (Å²) in [5.41, 5.74) is 1.25. The summed E-state index contributed by atoms with van der Waals surface area (Å²) in [5, 5.41) is 13.2. The van der Waals surface area contributed by atoms with E-state index in [4.69, 9.17) is 4.74 Å². The number of aromatic carboxylic acids is 1. The molecule has 1 aliphatic carbocycles. The summed E-state index contributed by atoms with van der Waals surface area (Å²) < 4.78 is 34.9. The fourth-order valence-electron chi connectivity index (χ4n) is 5.24. The molecule has 2 aromatic rings. The van der Waals surface area contributed by atoms with Crippen molar-refractivity contribution in [3.63, 3.8) is 0 Å². The summed E-state index contributed by atoms with van der Waals surface area (Å²) in [7, 11) is -4.03. The first-order valence-electron chi connectivity index (χ1n) is 12.0. The number of fused-ring (bicyclic) bond motifs is 3. The van der Waals surface area contributed by atoms with E-state index in [9.17, 15) is 18.3 Å². The number of hydrogen-bond acceptors (Lipinski definition) is 6. The molecule has 3 aliphatic rings. The number of carboxylic acids is 1. The van der Waals surface area contributed by atoms with Crippen LogP contribution in [0.3, 0.4) is 0 Å². The molecule has 2 fully saturated rings. The predicted molar refractivity (Wildman–Crippen MR) is 130 cm³/mol. The molecule has 34 heavy (non-hydrogen) atoms. The third-order valence-corrected chi connectivity index (χ3v) is 8.70. The summed E-state index contributed by atoms with van der Waals surface area (Å²) in [5.74, 6) is 0.424. The van der Waals surface area contributed by atoms with Crippen LogP contribution < -0.4 is 14.8 Å². The van der Waals surface area contributed by atoms with E-state index in [2.05, 4.69) is 21.9 Å². The number of carbonyl (C=O) groups is 1. The van der Waals surface area contributed by atoms with Gasteiger partial charge in [0.05, 0.1) is 18.0 Å². The van der Waals surface area contributed by atoms with Crippen molar-refractivity contribution in [3.8, 4) is 5.75 Å². The largest absolute Gasteiger partial charge is 0.492 e. The lowest BCUT2D eigenvalue weighted by Gasteiger charge is -2.21. The molecule has 9 heteroatoms. The summed E-state index contributed by atoms with van der Waals surface area (Å²) in [6, 6.07) is 10.1. The summed E-state index contributed by atoms with van der Waals surface area (Å²) in [6.07, 6.45) is 3.11. The second kappa shape index (κ2) is 9.11. The van der Waals surface area contributed by atoms with Crippen LogP contribution >= 0.6 is 0 Å². The quantitative estimate of drug-likeness (QED) is 0.495. The van der Waals surface area contributed by atoms with Crippen LogP contribution in [0, 0.1) is 11.8 Å². The fourth-order valence-corrected chi connectivity index (χ4v) is 6.50. The van der Waals surface area contributed by atoms with Crippen LogP contribution in [-0.2, 0) is 10.0 Å². The Bertz CT molecular complexity index is 1200. The van der Waals surface area contributed by atoms with Gasteiger partial charge in [0.1, 0.15) is 16.2 Å². The molecule has 0 amide bonds. The number of sulfonamides is 1. The van der Waals surface area contributed by atoms with E-state index in [0.717, 1.165) is 44.5 Å². The van der Waals surface area contributed by atoms with Gasteiger partial charge >= 0.3 is 5.97 Å². The molecule has 182 valence electrons. The molecule has 2 aliphatic heterocycles. The van der Waals surface area contributed by atoms with Crippen LogP contribution in [0.2, 0.25) is 0 Å². The molecule has 1 saturated carbocycles. The number of hydrogen-bond donors (Lipinski definition) is 3. The number of rotatable bonds is 9. The van der Waals surface area contributed by atoms with Crippen LogP contribution in [0.5, 0.6) is 5.75 Å². The number of nitrogens with zero attached hydrogens (tertiary/aromatic N) is 1. The second-order valence-electron chi connectivity index (χ2n) is 9.49. The van der Waals surface area contributed by atoms with Gasteiger partial charge in [0.2, 0.25) is 0 Å². The van der Waals surface area contributed by atoms with Gasteiger partial charge < -0.3 is 20.1 Å². The second-order valence-corrected chi connectivity index (χ2v) is 11.1. The van der Waals surface area contributed by atoms with Gasteiger partial charge in [-0.05, 0) is 68.0 Å². The minimum atomic E-state index is -4.03. The number of anilines is 2. The van der Waals surface area contributed by atoms with Gasteiger partial charge in [0.15, 0.2) is 0 Å². The van der Waals surface area contributed by atoms with Gasteiger partial charge in [-0.3, -0.25) is 4.72 Å². The summed E-state index contributed by atoms with van der Waals surface area (Å²) in [6.45, 7) is 6.57. The lowest BCUT2D eigenvalue weighted by molar-refractivity contribution is 0.0692. The first kappa shape index (κ1) is 23.0. The molecular formula is C25H31N3O5S. The third kappa shape index (κ3) is 4.46. The maximum atomic E-state index is 13.3. The van der Waals surface area contributed by atoms with Crippen molar-refractivity contribution in [1.29, 1.82) is 0 Å². The Balaban J connectivity index is 1.34. The topological polar surface area (TPSA) is 108 Å². The standard InChI is InChI=1S/C25H31N3O5S/c1-2-28-12-10-16(14-28)9-11-26-20-5-3-4-6-22(20)34(31,32)27-21-8-7-18-19-13-17(19)15-33-24(18)23(21)25(29)30/h3-8,16-17,19,26-27H,2,9-15H2,1H3,(H,29,30)/t16-,17-,19-/m0/s1. The number of ether oxygens (including phenoxy) is 1. The molecule has 0 radical (unpaired) electrons. The van der Waals surface area contributed by atoms with Crippen molar-refractivity contribution in [3.05, 3.63) is 47.5 Å². The number of nitrogens with one attached hydrogen (secondary N) is 2. The normalized spacial score (nSPS) is 23.5. The van der Waals surface area contributed by atoms with Crippen LogP contribution in [0.15, 0.2) is 41.3 Å². The average Bonchev–Trinajstić information content (AvgIpc) is 3.48. The lowest BCUT2D eigenvalue weighted by atomic mass is 10.0. The minimum absolute atomic E-state index is 0.0192. The zero-order valence-electron chi connectivity index (χ0n) is 19.3. The van der Waals surface area contributed by atoms with E-state index >= 15 is 0 Å². The molecule has 2 heterocycles. The van der Waals surface area contributed by atoms with E-state index in [0.29, 0.717) is 36.6 Å². The Morgan fingerprint density at radius 2 is 2.03 bits per heavy atom. The van der Waals surface area contributed by atoms with Gasteiger partial charge in [-0.1, -0.05) is 25.1 Å². The molecule has 0 bridgehead atoms. The monoisotopic (exact) mass is 485 g/mol. The Morgan fingerprint density at radius 3 is 2.79 bits per heavy atom. The van der Waals surface area contributed by atoms with E-state index in [1.54, 1.807) is 30.3 Å². The molecule has 3 N–H and O–H groups in total. The highest BCUT2D eigenvalue weighted by atomic mass is 32.2. The van der Waals surface area contributed by atoms with Crippen molar-refractivity contribution >= 4 is 27.4 Å². The third-order valence-electron chi connectivity index (χ3n) is 7.27. The van der Waals surface area contributed by atoms with Crippen molar-refractivity contribution < 1.29 is 23.1 Å². The Morgan fingerprint density at radius 1 is 1.21 bits per heavy atom. The van der Waals surface area contributed by atoms with Gasteiger partial charge in [-0.15, -0.1) is 0 Å². The predicted octanol–water partition coefficient (Wildman–Crippen LogP) is 3.83. The Hall–Kier alpha value is -2.78. The van der Waals surface area contributed by atoms with Crippen LogP contribution in [0.1, 0.15) is 48.0 Å². The highest BCUT2D eigenvalue weighted by molar-refractivity contribution is 7.92. The van der Waals surface area contributed by atoms with Crippen molar-refractivity contribution in [1.82, 2.24) is 4.90 Å². The zero-order chi connectivity index (χ0) is 23.9. The van der Waals surface area contributed by atoms with E-state index < -0.39 is 16.0 Å². The van der Waals surface area contributed by atoms with Crippen molar-refractivity contribution in [2.45, 2.75) is 37.0 Å². The number of benzene rings is 2. The fraction of sp³-hybridized carbons (Fsp3) is 0.480. The number of carboxylic acid groups (broad SMARTS) is 1. The average molecular weight is 486 g/mol. The van der Waals surface area contributed by atoms with E-state index in [1.165, 1.54) is 6.07 Å². The molecule has 8 nitrogen and oxygen atoms in total. The first-order valence-corrected chi connectivity index (χ1v) is 13.5. The van der Waals surface area contributed by atoms with Gasteiger partial charge in [-0.25, -0.2) is 13.2 Å². The molecule has 3 atom stereocenters. The maximum absolute atomic E-state index is 13.3. The highest BCUT2D eigenvalue weighted by Gasteiger charge is 2.45. The molecule has 2 aromatic carbocycles. The molecular weight excluding hydrogens is 454 g/mol. The minimum Gasteiger partial charge on any atom is -0.492 e. The summed E-state index contributed by atoms with van der Waals surface area (Å²) in [4.78, 5) is 14.6. The van der Waals surface area contributed by atoms with Crippen LogP contribution in [0.25, 0.3) is 0 Å². The smallest absolute Gasteiger partial charge is 0.341 e. The zero-order valence-corrected chi connectivity index (χ0v) is 20.1. The SMILES string of the molecule is CCN1CC[C@H](CCNc2ccccc2S(=O)(=O)Nc2ccc3c(c2C(=O)O)OC[C@@H]2C[C@H]32)C1. The molecule has 5 rings (SSSR count).